The highest BCUT2D eigenvalue weighted by Gasteiger charge is 2.33. The van der Waals surface area contributed by atoms with Crippen LogP contribution in [0.1, 0.15) is 6.42 Å². The van der Waals surface area contributed by atoms with Crippen molar-refractivity contribution in [2.45, 2.75) is 6.42 Å². The minimum absolute atomic E-state index is 0.115. The van der Waals surface area contributed by atoms with Crippen molar-refractivity contribution in [1.29, 1.82) is 0 Å². The monoisotopic (exact) mass is 300 g/mol. The van der Waals surface area contributed by atoms with Crippen LogP contribution in [-0.2, 0) is 9.59 Å². The smallest absolute Gasteiger partial charge is 0.227 e. The molecule has 2 amide bonds. The lowest BCUT2D eigenvalue weighted by Gasteiger charge is -2.16. The summed E-state index contributed by atoms with van der Waals surface area (Å²) in [6, 6.07) is 4.28. The van der Waals surface area contributed by atoms with Crippen LogP contribution in [0.25, 0.3) is 0 Å². The van der Waals surface area contributed by atoms with E-state index >= 15 is 0 Å². The zero-order valence-corrected chi connectivity index (χ0v) is 10.4. The molecule has 1 aromatic carbocycles. The number of nitrogens with two attached hydrogens (primary N) is 1. The summed E-state index contributed by atoms with van der Waals surface area (Å²) in [6.45, 7) is 0.256. The Hall–Kier alpha value is -1.43. The minimum atomic E-state index is -0.484. The molecule has 1 aromatic rings. The average molecular weight is 301 g/mol. The van der Waals surface area contributed by atoms with Crippen molar-refractivity contribution in [1.82, 2.24) is 0 Å². The van der Waals surface area contributed by atoms with Gasteiger partial charge in [-0.2, -0.15) is 0 Å². The van der Waals surface area contributed by atoms with E-state index in [0.29, 0.717) is 5.69 Å². The van der Waals surface area contributed by atoms with Crippen molar-refractivity contribution >= 4 is 33.4 Å². The molecular weight excluding hydrogens is 291 g/mol. The molecule has 1 aliphatic heterocycles. The van der Waals surface area contributed by atoms with E-state index < -0.39 is 17.6 Å². The van der Waals surface area contributed by atoms with E-state index in [1.54, 1.807) is 0 Å². The van der Waals surface area contributed by atoms with E-state index in [1.807, 2.05) is 0 Å². The summed E-state index contributed by atoms with van der Waals surface area (Å²) >= 11 is 3.05. The molecule has 1 atom stereocenters. The standard InChI is InChI=1S/C11H10BrFN2O2/c12-8-4-7(1-2-9(8)13)15-5-6(11(14)17)3-10(15)16/h1-2,4,6H,3,5H2,(H2,14,17). The predicted octanol–water partition coefficient (Wildman–Crippen LogP) is 1.43. The number of hydrogen-bond donors (Lipinski definition) is 1. The van der Waals surface area contributed by atoms with Crippen LogP contribution in [0.3, 0.4) is 0 Å². The molecule has 0 saturated carbocycles. The van der Waals surface area contributed by atoms with E-state index in [9.17, 15) is 14.0 Å². The first kappa shape index (κ1) is 12.0. The van der Waals surface area contributed by atoms with Gasteiger partial charge < -0.3 is 10.6 Å². The van der Waals surface area contributed by atoms with Gasteiger partial charge in [0.2, 0.25) is 11.8 Å². The molecule has 1 saturated heterocycles. The maximum Gasteiger partial charge on any atom is 0.227 e. The Labute approximate surface area is 106 Å². The third-order valence-corrected chi connectivity index (χ3v) is 3.35. The summed E-state index contributed by atoms with van der Waals surface area (Å²) in [4.78, 5) is 24.2. The third-order valence-electron chi connectivity index (χ3n) is 2.74. The number of carbonyl (C=O) groups excluding carboxylic acids is 2. The van der Waals surface area contributed by atoms with Gasteiger partial charge in [0.05, 0.1) is 10.4 Å². The number of halogens is 2. The first-order valence-corrected chi connectivity index (χ1v) is 5.83. The second-order valence-electron chi connectivity index (χ2n) is 3.91. The van der Waals surface area contributed by atoms with Gasteiger partial charge in [0.1, 0.15) is 5.82 Å². The number of anilines is 1. The minimum Gasteiger partial charge on any atom is -0.369 e. The van der Waals surface area contributed by atoms with E-state index in [1.165, 1.54) is 23.1 Å². The normalized spacial score (nSPS) is 19.8. The summed E-state index contributed by atoms with van der Waals surface area (Å²) in [6.07, 6.45) is 0.115. The molecular formula is C11H10BrFN2O2. The molecule has 90 valence electrons. The summed E-state index contributed by atoms with van der Waals surface area (Å²) < 4.78 is 13.3. The molecule has 1 fully saturated rings. The summed E-state index contributed by atoms with van der Waals surface area (Å²) in [7, 11) is 0. The first-order valence-electron chi connectivity index (χ1n) is 5.04. The lowest BCUT2D eigenvalue weighted by Crippen LogP contribution is -2.28. The van der Waals surface area contributed by atoms with E-state index in [-0.39, 0.29) is 23.3 Å². The van der Waals surface area contributed by atoms with Crippen molar-refractivity contribution in [2.24, 2.45) is 11.7 Å². The van der Waals surface area contributed by atoms with Crippen LogP contribution in [0.15, 0.2) is 22.7 Å². The molecule has 1 aliphatic rings. The quantitative estimate of drug-likeness (QED) is 0.898. The molecule has 0 radical (unpaired) electrons. The van der Waals surface area contributed by atoms with Crippen molar-refractivity contribution in [3.05, 3.63) is 28.5 Å². The Morgan fingerprint density at radius 1 is 1.53 bits per heavy atom. The van der Waals surface area contributed by atoms with Crippen LogP contribution in [-0.4, -0.2) is 18.4 Å². The molecule has 2 rings (SSSR count). The van der Waals surface area contributed by atoms with Gasteiger partial charge in [-0.25, -0.2) is 4.39 Å². The maximum atomic E-state index is 13.1. The molecule has 4 nitrogen and oxygen atoms in total. The molecule has 1 unspecified atom stereocenters. The Bertz CT molecular complexity index is 492. The largest absolute Gasteiger partial charge is 0.369 e. The number of carbonyl (C=O) groups is 2. The van der Waals surface area contributed by atoms with Gasteiger partial charge in [-0.3, -0.25) is 9.59 Å². The molecule has 0 spiro atoms. The Balaban J connectivity index is 2.26. The number of primary amides is 1. The lowest BCUT2D eigenvalue weighted by molar-refractivity contribution is -0.123. The van der Waals surface area contributed by atoms with Crippen LogP contribution < -0.4 is 10.6 Å². The maximum absolute atomic E-state index is 13.1. The van der Waals surface area contributed by atoms with Crippen molar-refractivity contribution in [3.8, 4) is 0 Å². The summed E-state index contributed by atoms with van der Waals surface area (Å²) in [5.41, 5.74) is 5.73. The van der Waals surface area contributed by atoms with E-state index in [2.05, 4.69) is 15.9 Å². The Kier molecular flexibility index (Phi) is 3.15. The topological polar surface area (TPSA) is 63.4 Å². The molecule has 0 aliphatic carbocycles. The fourth-order valence-corrected chi connectivity index (χ4v) is 2.17. The van der Waals surface area contributed by atoms with Gasteiger partial charge in [-0.15, -0.1) is 0 Å². The second kappa shape index (κ2) is 4.44. The van der Waals surface area contributed by atoms with Gasteiger partial charge in [-0.1, -0.05) is 0 Å². The highest BCUT2D eigenvalue weighted by atomic mass is 79.9. The fourth-order valence-electron chi connectivity index (χ4n) is 1.80. The van der Waals surface area contributed by atoms with E-state index in [0.717, 1.165) is 0 Å². The van der Waals surface area contributed by atoms with Gasteiger partial charge in [0.15, 0.2) is 0 Å². The molecule has 17 heavy (non-hydrogen) atoms. The van der Waals surface area contributed by atoms with Crippen LogP contribution in [0.2, 0.25) is 0 Å². The molecule has 6 heteroatoms. The summed E-state index contributed by atoms with van der Waals surface area (Å²) in [5, 5.41) is 0. The van der Waals surface area contributed by atoms with E-state index in [4.69, 9.17) is 5.73 Å². The van der Waals surface area contributed by atoms with Crippen LogP contribution in [0, 0.1) is 11.7 Å². The van der Waals surface area contributed by atoms with Gasteiger partial charge in [0.25, 0.3) is 0 Å². The second-order valence-corrected chi connectivity index (χ2v) is 4.76. The number of rotatable bonds is 2. The third kappa shape index (κ3) is 2.31. The fraction of sp³-hybridized carbons (Fsp3) is 0.273. The predicted molar refractivity (Wildman–Crippen MR) is 63.8 cm³/mol. The number of benzene rings is 1. The van der Waals surface area contributed by atoms with Crippen LogP contribution in [0.5, 0.6) is 0 Å². The van der Waals surface area contributed by atoms with Crippen LogP contribution in [0.4, 0.5) is 10.1 Å². The highest BCUT2D eigenvalue weighted by molar-refractivity contribution is 9.10. The zero-order chi connectivity index (χ0) is 12.6. The van der Waals surface area contributed by atoms with Crippen molar-refractivity contribution in [2.75, 3.05) is 11.4 Å². The molecule has 1 heterocycles. The summed E-state index contributed by atoms with van der Waals surface area (Å²) in [5.74, 6) is -1.52. The average Bonchev–Trinajstić information content (AvgIpc) is 2.65. The van der Waals surface area contributed by atoms with Crippen molar-refractivity contribution in [3.63, 3.8) is 0 Å². The molecule has 2 N–H and O–H groups in total. The highest BCUT2D eigenvalue weighted by Crippen LogP contribution is 2.28. The first-order chi connectivity index (χ1) is 7.99. The van der Waals surface area contributed by atoms with Gasteiger partial charge in [0, 0.05) is 18.7 Å². The van der Waals surface area contributed by atoms with Gasteiger partial charge >= 0.3 is 0 Å². The number of hydrogen-bond acceptors (Lipinski definition) is 2. The SMILES string of the molecule is NC(=O)C1CC(=O)N(c2ccc(F)c(Br)c2)C1. The number of nitrogens with zero attached hydrogens (tertiary/aromatic N) is 1. The molecule has 0 aromatic heterocycles. The van der Waals surface area contributed by atoms with Crippen molar-refractivity contribution < 1.29 is 14.0 Å². The Morgan fingerprint density at radius 2 is 2.24 bits per heavy atom. The Morgan fingerprint density at radius 3 is 2.76 bits per heavy atom. The number of amides is 2. The lowest BCUT2D eigenvalue weighted by atomic mass is 10.1. The molecule has 0 bridgehead atoms. The van der Waals surface area contributed by atoms with Gasteiger partial charge in [-0.05, 0) is 34.1 Å². The van der Waals surface area contributed by atoms with Crippen LogP contribution >= 0.6 is 15.9 Å². The zero-order valence-electron chi connectivity index (χ0n) is 8.82.